The Morgan fingerprint density at radius 1 is 1.10 bits per heavy atom. The van der Waals surface area contributed by atoms with E-state index in [4.69, 9.17) is 0 Å². The highest BCUT2D eigenvalue weighted by atomic mass is 19.4. The van der Waals surface area contributed by atoms with Gasteiger partial charge in [0.2, 0.25) is 0 Å². The lowest BCUT2D eigenvalue weighted by molar-refractivity contribution is -0.137. The zero-order chi connectivity index (χ0) is 21.5. The van der Waals surface area contributed by atoms with Crippen molar-refractivity contribution in [3.05, 3.63) is 62.8 Å². The Morgan fingerprint density at radius 3 is 2.20 bits per heavy atom. The number of hydrogen-bond donors (Lipinski definition) is 2. The molecule has 1 aromatic carbocycles. The van der Waals surface area contributed by atoms with Gasteiger partial charge in [-0.15, -0.1) is 0 Å². The van der Waals surface area contributed by atoms with E-state index in [0.29, 0.717) is 17.0 Å². The predicted octanol–water partition coefficient (Wildman–Crippen LogP) is 4.81. The van der Waals surface area contributed by atoms with Crippen LogP contribution in [0.2, 0.25) is 0 Å². The van der Waals surface area contributed by atoms with Crippen molar-refractivity contribution in [3.8, 4) is 0 Å². The lowest BCUT2D eigenvalue weighted by atomic mass is 9.79. The van der Waals surface area contributed by atoms with Crippen LogP contribution in [0, 0.1) is 0 Å². The molecule has 2 saturated carbocycles. The quantitative estimate of drug-likeness (QED) is 0.730. The first-order valence-corrected chi connectivity index (χ1v) is 10.4. The lowest BCUT2D eigenvalue weighted by Crippen LogP contribution is -2.35. The third-order valence-electron chi connectivity index (χ3n) is 6.28. The van der Waals surface area contributed by atoms with Crippen LogP contribution in [0.25, 0.3) is 0 Å². The van der Waals surface area contributed by atoms with Crippen molar-refractivity contribution < 1.29 is 18.0 Å². The van der Waals surface area contributed by atoms with Crippen molar-refractivity contribution in [2.75, 3.05) is 0 Å². The third-order valence-corrected chi connectivity index (χ3v) is 6.28. The van der Waals surface area contributed by atoms with Gasteiger partial charge < -0.3 is 10.3 Å². The van der Waals surface area contributed by atoms with Crippen molar-refractivity contribution >= 4 is 5.91 Å². The zero-order valence-electron chi connectivity index (χ0n) is 16.7. The van der Waals surface area contributed by atoms with Crippen molar-refractivity contribution in [2.24, 2.45) is 0 Å². The van der Waals surface area contributed by atoms with Crippen LogP contribution in [0.1, 0.15) is 96.3 Å². The molecule has 0 spiro atoms. The van der Waals surface area contributed by atoms with Crippen LogP contribution < -0.4 is 10.9 Å². The molecule has 5 nitrogen and oxygen atoms in total. The molecule has 1 heterocycles. The standard InChI is InChI=1S/C22H24F3N3O2/c1-12(13-8-10-16(11-9-13)22(23,24)25)26-21(30)18-17(14-4-2-5-14)20(29)28-19(27-18)15-6-3-7-15/h8-12,14-15H,2-7H2,1H3,(H,26,30)(H,27,28,29). The van der Waals surface area contributed by atoms with Crippen LogP contribution in [0.4, 0.5) is 13.2 Å². The first-order chi connectivity index (χ1) is 14.2. The molecule has 2 aromatic rings. The number of rotatable bonds is 5. The summed E-state index contributed by atoms with van der Waals surface area (Å²) in [4.78, 5) is 33.2. The molecule has 0 radical (unpaired) electrons. The van der Waals surface area contributed by atoms with Gasteiger partial charge in [-0.2, -0.15) is 13.2 Å². The number of H-pyrrole nitrogens is 1. The molecule has 0 bridgehead atoms. The van der Waals surface area contributed by atoms with Gasteiger partial charge in [-0.25, -0.2) is 4.98 Å². The summed E-state index contributed by atoms with van der Waals surface area (Å²) in [5, 5.41) is 2.81. The summed E-state index contributed by atoms with van der Waals surface area (Å²) < 4.78 is 38.3. The van der Waals surface area contributed by atoms with Crippen LogP contribution in [0.3, 0.4) is 0 Å². The van der Waals surface area contributed by atoms with E-state index in [1.807, 2.05) is 0 Å². The molecular formula is C22H24F3N3O2. The third kappa shape index (κ3) is 4.00. The average Bonchev–Trinajstić information content (AvgIpc) is 2.60. The van der Waals surface area contributed by atoms with E-state index < -0.39 is 23.7 Å². The molecule has 30 heavy (non-hydrogen) atoms. The predicted molar refractivity (Wildman–Crippen MR) is 105 cm³/mol. The molecule has 2 aliphatic rings. The molecule has 1 atom stereocenters. The summed E-state index contributed by atoms with van der Waals surface area (Å²) in [6.07, 6.45) is 1.26. The van der Waals surface area contributed by atoms with Crippen molar-refractivity contribution in [1.82, 2.24) is 15.3 Å². The molecule has 2 aliphatic carbocycles. The van der Waals surface area contributed by atoms with Gasteiger partial charge >= 0.3 is 6.18 Å². The molecule has 4 rings (SSSR count). The Hall–Kier alpha value is -2.64. The smallest absolute Gasteiger partial charge is 0.344 e. The Balaban J connectivity index is 1.58. The molecule has 0 aliphatic heterocycles. The van der Waals surface area contributed by atoms with Gasteiger partial charge in [-0.1, -0.05) is 25.0 Å². The van der Waals surface area contributed by atoms with Crippen LogP contribution in [0.15, 0.2) is 29.1 Å². The van der Waals surface area contributed by atoms with Crippen LogP contribution in [-0.4, -0.2) is 15.9 Å². The Morgan fingerprint density at radius 2 is 1.70 bits per heavy atom. The van der Waals surface area contributed by atoms with Gasteiger partial charge in [0.1, 0.15) is 11.5 Å². The van der Waals surface area contributed by atoms with Crippen molar-refractivity contribution in [2.45, 2.75) is 69.5 Å². The largest absolute Gasteiger partial charge is 0.416 e. The first kappa shape index (κ1) is 20.6. The number of aromatic nitrogens is 2. The minimum absolute atomic E-state index is 0.0267. The topological polar surface area (TPSA) is 74.8 Å². The van der Waals surface area contributed by atoms with Crippen molar-refractivity contribution in [3.63, 3.8) is 0 Å². The number of halogens is 3. The molecule has 8 heteroatoms. The second-order valence-corrected chi connectivity index (χ2v) is 8.28. The van der Waals surface area contributed by atoms with Gasteiger partial charge in [0.25, 0.3) is 11.5 Å². The maximum Gasteiger partial charge on any atom is 0.416 e. The van der Waals surface area contributed by atoms with E-state index in [-0.39, 0.29) is 23.1 Å². The van der Waals surface area contributed by atoms with Crippen LogP contribution in [-0.2, 0) is 6.18 Å². The van der Waals surface area contributed by atoms with Gasteiger partial charge in [0, 0.05) is 5.92 Å². The normalized spacial score (nSPS) is 18.4. The van der Waals surface area contributed by atoms with E-state index in [2.05, 4.69) is 15.3 Å². The van der Waals surface area contributed by atoms with Crippen LogP contribution >= 0.6 is 0 Å². The SMILES string of the molecule is CC(NC(=O)c1nc(C2CCC2)[nH]c(=O)c1C1CCC1)c1ccc(C(F)(F)F)cc1. The summed E-state index contributed by atoms with van der Waals surface area (Å²) in [5.74, 6) is 0.295. The summed E-state index contributed by atoms with van der Waals surface area (Å²) in [7, 11) is 0. The van der Waals surface area contributed by atoms with Crippen molar-refractivity contribution in [1.29, 1.82) is 0 Å². The van der Waals surface area contributed by atoms with Gasteiger partial charge in [-0.3, -0.25) is 9.59 Å². The monoisotopic (exact) mass is 419 g/mol. The molecule has 1 unspecified atom stereocenters. The molecule has 160 valence electrons. The molecule has 1 aromatic heterocycles. The summed E-state index contributed by atoms with van der Waals surface area (Å²) in [6.45, 7) is 1.70. The fraction of sp³-hybridized carbons (Fsp3) is 0.500. The van der Waals surface area contributed by atoms with Gasteiger partial charge in [0.05, 0.1) is 17.2 Å². The second kappa shape index (κ2) is 7.89. The van der Waals surface area contributed by atoms with E-state index in [9.17, 15) is 22.8 Å². The Kier molecular flexibility index (Phi) is 5.42. The van der Waals surface area contributed by atoms with E-state index in [1.165, 1.54) is 12.1 Å². The minimum Gasteiger partial charge on any atom is -0.344 e. The number of amides is 1. The number of carbonyl (C=O) groups excluding carboxylic acids is 1. The highest BCUT2D eigenvalue weighted by molar-refractivity contribution is 5.94. The number of hydrogen-bond acceptors (Lipinski definition) is 3. The maximum atomic E-state index is 13.0. The van der Waals surface area contributed by atoms with Gasteiger partial charge in [-0.05, 0) is 56.2 Å². The fourth-order valence-electron chi connectivity index (χ4n) is 3.93. The number of carbonyl (C=O) groups is 1. The maximum absolute atomic E-state index is 13.0. The molecule has 2 fully saturated rings. The van der Waals surface area contributed by atoms with E-state index >= 15 is 0 Å². The molecule has 0 saturated heterocycles. The number of benzene rings is 1. The summed E-state index contributed by atoms with van der Waals surface area (Å²) in [6, 6.07) is 4.18. The molecular weight excluding hydrogens is 395 g/mol. The minimum atomic E-state index is -4.41. The first-order valence-electron chi connectivity index (χ1n) is 10.4. The summed E-state index contributed by atoms with van der Waals surface area (Å²) >= 11 is 0. The fourth-order valence-corrected chi connectivity index (χ4v) is 3.93. The number of alkyl halides is 3. The average molecular weight is 419 g/mol. The number of aromatic amines is 1. The number of nitrogens with one attached hydrogen (secondary N) is 2. The number of nitrogens with zero attached hydrogens (tertiary/aromatic N) is 1. The Bertz CT molecular complexity index is 990. The lowest BCUT2D eigenvalue weighted by Gasteiger charge is -2.29. The summed E-state index contributed by atoms with van der Waals surface area (Å²) in [5.41, 5.74) is 0.151. The van der Waals surface area contributed by atoms with Gasteiger partial charge in [0.15, 0.2) is 0 Å². The Labute approximate surface area is 172 Å². The second-order valence-electron chi connectivity index (χ2n) is 8.28. The molecule has 2 N–H and O–H groups in total. The van der Waals surface area contributed by atoms with E-state index in [1.54, 1.807) is 6.92 Å². The molecule has 1 amide bonds. The highest BCUT2D eigenvalue weighted by Crippen LogP contribution is 2.38. The zero-order valence-corrected chi connectivity index (χ0v) is 16.7. The van der Waals surface area contributed by atoms with Crippen LogP contribution in [0.5, 0.6) is 0 Å². The van der Waals surface area contributed by atoms with E-state index in [0.717, 1.165) is 50.7 Å². The highest BCUT2D eigenvalue weighted by Gasteiger charge is 2.32.